The summed E-state index contributed by atoms with van der Waals surface area (Å²) in [5.74, 6) is -3.14. The molecule has 1 atom stereocenters. The van der Waals surface area contributed by atoms with E-state index in [0.717, 1.165) is 6.20 Å². The molecule has 2 N–H and O–H groups in total. The predicted octanol–water partition coefficient (Wildman–Crippen LogP) is 0.171. The number of imide groups is 1. The van der Waals surface area contributed by atoms with Gasteiger partial charge in [-0.25, -0.2) is 4.39 Å². The molecule has 2 heterocycles. The summed E-state index contributed by atoms with van der Waals surface area (Å²) in [6.45, 7) is 0. The second kappa shape index (κ2) is 5.86. The highest BCUT2D eigenvalue weighted by Crippen LogP contribution is 2.28. The first kappa shape index (κ1) is 15.5. The number of nitrogens with one attached hydrogen (secondary N) is 1. The Labute approximate surface area is 120 Å². The second-order valence-corrected chi connectivity index (χ2v) is 6.30. The number of piperidine rings is 1. The monoisotopic (exact) mass is 316 g/mol. The molecule has 0 spiro atoms. The number of pyridine rings is 1. The number of carbonyl (C=O) groups is 2. The van der Waals surface area contributed by atoms with Gasteiger partial charge < -0.3 is 0 Å². The van der Waals surface area contributed by atoms with Crippen LogP contribution in [-0.4, -0.2) is 35.5 Å². The van der Waals surface area contributed by atoms with Crippen LogP contribution in [0.2, 0.25) is 0 Å². The number of amides is 2. The van der Waals surface area contributed by atoms with Crippen molar-refractivity contribution in [3.05, 3.63) is 29.3 Å². The van der Waals surface area contributed by atoms with Gasteiger partial charge in [-0.15, -0.1) is 0 Å². The van der Waals surface area contributed by atoms with Crippen LogP contribution in [0.4, 0.5) is 4.39 Å². The van der Waals surface area contributed by atoms with Crippen molar-refractivity contribution in [2.24, 2.45) is 0 Å². The summed E-state index contributed by atoms with van der Waals surface area (Å²) >= 11 is 0. The molecule has 1 saturated heterocycles. The average Bonchev–Trinajstić information content (AvgIpc) is 2.36. The second-order valence-electron chi connectivity index (χ2n) is 4.73. The summed E-state index contributed by atoms with van der Waals surface area (Å²) in [7, 11) is -4.25. The van der Waals surface area contributed by atoms with E-state index >= 15 is 0 Å². The van der Waals surface area contributed by atoms with E-state index in [1.54, 1.807) is 0 Å². The zero-order valence-electron chi connectivity index (χ0n) is 10.9. The largest absolute Gasteiger partial charge is 0.296 e. The highest BCUT2D eigenvalue weighted by molar-refractivity contribution is 7.85. The first-order chi connectivity index (χ1) is 9.78. The van der Waals surface area contributed by atoms with Crippen LogP contribution >= 0.6 is 0 Å². The lowest BCUT2D eigenvalue weighted by atomic mass is 9.88. The number of nitrogens with zero attached hydrogens (tertiary/aromatic N) is 1. The lowest BCUT2D eigenvalue weighted by Crippen LogP contribution is -2.40. The number of rotatable bonds is 4. The fourth-order valence-electron chi connectivity index (χ4n) is 2.26. The van der Waals surface area contributed by atoms with E-state index in [1.807, 2.05) is 0 Å². The third-order valence-electron chi connectivity index (χ3n) is 3.26. The predicted molar refractivity (Wildman–Crippen MR) is 69.4 cm³/mol. The van der Waals surface area contributed by atoms with E-state index in [1.165, 1.54) is 6.20 Å². The van der Waals surface area contributed by atoms with Crippen molar-refractivity contribution in [3.8, 4) is 0 Å². The first-order valence-electron chi connectivity index (χ1n) is 6.19. The summed E-state index contributed by atoms with van der Waals surface area (Å²) < 4.78 is 44.2. The Kier molecular flexibility index (Phi) is 4.33. The summed E-state index contributed by atoms with van der Waals surface area (Å²) in [5, 5.41) is 2.15. The SMILES string of the molecule is O=C1CCC(c2cncc(F)c2CCS(=O)(=O)O)C(=O)N1. The maximum Gasteiger partial charge on any atom is 0.265 e. The van der Waals surface area contributed by atoms with Crippen molar-refractivity contribution in [2.45, 2.75) is 25.2 Å². The van der Waals surface area contributed by atoms with E-state index < -0.39 is 39.4 Å². The molecule has 7 nitrogen and oxygen atoms in total. The summed E-state index contributed by atoms with van der Waals surface area (Å²) in [6.07, 6.45) is 2.23. The molecule has 114 valence electrons. The minimum absolute atomic E-state index is 0.0112. The molecule has 1 aliphatic heterocycles. The van der Waals surface area contributed by atoms with Gasteiger partial charge in [-0.1, -0.05) is 0 Å². The van der Waals surface area contributed by atoms with Gasteiger partial charge in [-0.2, -0.15) is 8.42 Å². The van der Waals surface area contributed by atoms with Crippen molar-refractivity contribution < 1.29 is 27.0 Å². The number of hydrogen-bond donors (Lipinski definition) is 2. The summed E-state index contributed by atoms with van der Waals surface area (Å²) in [4.78, 5) is 26.6. The fourth-order valence-corrected chi connectivity index (χ4v) is 2.72. The summed E-state index contributed by atoms with van der Waals surface area (Å²) in [5.41, 5.74) is 0.251. The molecule has 0 bridgehead atoms. The molecule has 2 amide bonds. The van der Waals surface area contributed by atoms with E-state index in [4.69, 9.17) is 4.55 Å². The van der Waals surface area contributed by atoms with Crippen LogP contribution in [0.5, 0.6) is 0 Å². The quantitative estimate of drug-likeness (QED) is 0.605. The molecule has 0 aliphatic carbocycles. The molecular formula is C12H13FN2O5S. The number of hydrogen-bond acceptors (Lipinski definition) is 5. The van der Waals surface area contributed by atoms with E-state index in [0.29, 0.717) is 0 Å². The van der Waals surface area contributed by atoms with Gasteiger partial charge in [0.15, 0.2) is 0 Å². The average molecular weight is 316 g/mol. The minimum Gasteiger partial charge on any atom is -0.296 e. The third-order valence-corrected chi connectivity index (χ3v) is 3.98. The number of aromatic nitrogens is 1. The lowest BCUT2D eigenvalue weighted by molar-refractivity contribution is -0.134. The van der Waals surface area contributed by atoms with E-state index in [2.05, 4.69) is 10.3 Å². The molecule has 0 radical (unpaired) electrons. The summed E-state index contributed by atoms with van der Waals surface area (Å²) in [6, 6.07) is 0. The van der Waals surface area contributed by atoms with Gasteiger partial charge in [0.2, 0.25) is 11.8 Å². The third kappa shape index (κ3) is 3.82. The molecule has 1 fully saturated rings. The van der Waals surface area contributed by atoms with Crippen LogP contribution in [0, 0.1) is 5.82 Å². The van der Waals surface area contributed by atoms with Crippen LogP contribution in [-0.2, 0) is 26.1 Å². The molecule has 9 heteroatoms. The molecule has 2 rings (SSSR count). The Balaban J connectivity index is 2.33. The van der Waals surface area contributed by atoms with Gasteiger partial charge in [-0.3, -0.25) is 24.4 Å². The highest BCUT2D eigenvalue weighted by Gasteiger charge is 2.30. The Morgan fingerprint density at radius 3 is 2.71 bits per heavy atom. The Bertz CT molecular complexity index is 689. The Morgan fingerprint density at radius 2 is 2.10 bits per heavy atom. The number of halogens is 1. The lowest BCUT2D eigenvalue weighted by Gasteiger charge is -2.23. The molecule has 1 aromatic heterocycles. The van der Waals surface area contributed by atoms with E-state index in [-0.39, 0.29) is 30.4 Å². The smallest absolute Gasteiger partial charge is 0.265 e. The Hall–Kier alpha value is -1.87. The van der Waals surface area contributed by atoms with Crippen molar-refractivity contribution in [2.75, 3.05) is 5.75 Å². The van der Waals surface area contributed by atoms with Crippen LogP contribution in [0.1, 0.15) is 29.9 Å². The van der Waals surface area contributed by atoms with Crippen LogP contribution in [0.15, 0.2) is 12.4 Å². The van der Waals surface area contributed by atoms with Crippen molar-refractivity contribution in [3.63, 3.8) is 0 Å². The zero-order valence-corrected chi connectivity index (χ0v) is 11.7. The van der Waals surface area contributed by atoms with Crippen molar-refractivity contribution in [1.82, 2.24) is 10.3 Å². The normalized spacial score (nSPS) is 19.4. The van der Waals surface area contributed by atoms with Gasteiger partial charge in [0, 0.05) is 12.6 Å². The molecule has 1 aliphatic rings. The first-order valence-corrected chi connectivity index (χ1v) is 7.80. The molecule has 1 unspecified atom stereocenters. The van der Waals surface area contributed by atoms with Gasteiger partial charge in [0.25, 0.3) is 10.1 Å². The topological polar surface area (TPSA) is 113 Å². The van der Waals surface area contributed by atoms with Crippen molar-refractivity contribution in [1.29, 1.82) is 0 Å². The fraction of sp³-hybridized carbons (Fsp3) is 0.417. The Morgan fingerprint density at radius 1 is 1.38 bits per heavy atom. The molecule has 21 heavy (non-hydrogen) atoms. The van der Waals surface area contributed by atoms with E-state index in [9.17, 15) is 22.4 Å². The molecular weight excluding hydrogens is 303 g/mol. The molecule has 1 aromatic rings. The minimum atomic E-state index is -4.25. The standard InChI is InChI=1S/C12H13FN2O5S/c13-10-6-14-5-9(7(10)3-4-21(18,19)20)8-1-2-11(16)15-12(8)17/h5-6,8H,1-4H2,(H,15,16,17)(H,18,19,20). The maximum absolute atomic E-state index is 13.8. The zero-order chi connectivity index (χ0) is 15.6. The molecule has 0 saturated carbocycles. The van der Waals surface area contributed by atoms with Gasteiger partial charge in [-0.05, 0) is 24.0 Å². The number of carbonyl (C=O) groups excluding carboxylic acids is 2. The van der Waals surface area contributed by atoms with Gasteiger partial charge >= 0.3 is 0 Å². The van der Waals surface area contributed by atoms with Crippen LogP contribution in [0.25, 0.3) is 0 Å². The van der Waals surface area contributed by atoms with Gasteiger partial charge in [0.05, 0.1) is 17.9 Å². The van der Waals surface area contributed by atoms with Crippen molar-refractivity contribution >= 4 is 21.9 Å². The highest BCUT2D eigenvalue weighted by atomic mass is 32.2. The van der Waals surface area contributed by atoms with Crippen LogP contribution < -0.4 is 5.32 Å². The van der Waals surface area contributed by atoms with Gasteiger partial charge in [0.1, 0.15) is 5.82 Å². The van der Waals surface area contributed by atoms with Crippen LogP contribution in [0.3, 0.4) is 0 Å². The maximum atomic E-state index is 13.8. The molecule has 0 aromatic carbocycles.